The molecule has 134 valence electrons. The van der Waals surface area contributed by atoms with Crippen molar-refractivity contribution in [3.05, 3.63) is 48.0 Å². The van der Waals surface area contributed by atoms with Crippen LogP contribution in [0.3, 0.4) is 0 Å². The Labute approximate surface area is 148 Å². The zero-order valence-corrected chi connectivity index (χ0v) is 14.6. The minimum absolute atomic E-state index is 0.117. The molecule has 1 fully saturated rings. The lowest BCUT2D eigenvalue weighted by atomic mass is 10.1. The van der Waals surface area contributed by atoms with Gasteiger partial charge < -0.3 is 19.5 Å². The van der Waals surface area contributed by atoms with E-state index in [1.54, 1.807) is 18.3 Å². The number of carbonyl (C=O) groups excluding carboxylic acids is 1. The first kappa shape index (κ1) is 17.4. The van der Waals surface area contributed by atoms with Crippen molar-refractivity contribution in [2.75, 3.05) is 20.2 Å². The number of ether oxygens (including phenoxy) is 1. The SMILES string of the molecule is CN(C[C@@H]1CCCO1)C(=O)NCc1nncn1CCc1ccccc1. The second kappa shape index (κ2) is 8.62. The normalized spacial score (nSPS) is 16.8. The van der Waals surface area contributed by atoms with E-state index < -0.39 is 0 Å². The van der Waals surface area contributed by atoms with Crippen molar-refractivity contribution < 1.29 is 9.53 Å². The number of carbonyl (C=O) groups is 1. The molecule has 1 N–H and O–H groups in total. The summed E-state index contributed by atoms with van der Waals surface area (Å²) in [5.41, 5.74) is 1.27. The number of aryl methyl sites for hydroxylation is 2. The van der Waals surface area contributed by atoms with Crippen molar-refractivity contribution in [1.82, 2.24) is 25.0 Å². The molecular formula is C18H25N5O2. The Morgan fingerprint density at radius 3 is 3.00 bits per heavy atom. The van der Waals surface area contributed by atoms with Gasteiger partial charge in [-0.15, -0.1) is 10.2 Å². The maximum Gasteiger partial charge on any atom is 0.317 e. The van der Waals surface area contributed by atoms with Crippen LogP contribution in [0, 0.1) is 0 Å². The van der Waals surface area contributed by atoms with Crippen LogP contribution < -0.4 is 5.32 Å². The lowest BCUT2D eigenvalue weighted by Crippen LogP contribution is -2.41. The first-order chi connectivity index (χ1) is 12.2. The van der Waals surface area contributed by atoms with Gasteiger partial charge in [-0.3, -0.25) is 0 Å². The lowest BCUT2D eigenvalue weighted by Gasteiger charge is -2.21. The van der Waals surface area contributed by atoms with Gasteiger partial charge in [0.15, 0.2) is 5.82 Å². The van der Waals surface area contributed by atoms with Crippen LogP contribution in [0.25, 0.3) is 0 Å². The van der Waals surface area contributed by atoms with Crippen LogP contribution in [-0.4, -0.2) is 52.0 Å². The highest BCUT2D eigenvalue weighted by Crippen LogP contribution is 2.12. The van der Waals surface area contributed by atoms with Crippen LogP contribution in [0.15, 0.2) is 36.7 Å². The van der Waals surface area contributed by atoms with Crippen LogP contribution in [0.1, 0.15) is 24.2 Å². The van der Waals surface area contributed by atoms with E-state index in [-0.39, 0.29) is 12.1 Å². The summed E-state index contributed by atoms with van der Waals surface area (Å²) in [6.07, 6.45) is 4.86. The Kier molecular flexibility index (Phi) is 6.00. The molecule has 0 spiro atoms. The molecule has 0 radical (unpaired) electrons. The number of urea groups is 1. The van der Waals surface area contributed by atoms with Crippen LogP contribution in [0.5, 0.6) is 0 Å². The van der Waals surface area contributed by atoms with E-state index in [0.29, 0.717) is 13.1 Å². The molecule has 2 amide bonds. The number of hydrogen-bond acceptors (Lipinski definition) is 4. The van der Waals surface area contributed by atoms with Crippen molar-refractivity contribution in [2.45, 2.75) is 38.5 Å². The Morgan fingerprint density at radius 2 is 2.24 bits per heavy atom. The van der Waals surface area contributed by atoms with Crippen LogP contribution >= 0.6 is 0 Å². The summed E-state index contributed by atoms with van der Waals surface area (Å²) in [4.78, 5) is 13.9. The standard InChI is InChI=1S/C18H25N5O2/c1-22(13-16-8-5-11-25-16)18(24)19-12-17-21-20-14-23(17)10-9-15-6-3-2-4-7-15/h2-4,6-7,14,16H,5,8-13H2,1H3,(H,19,24)/t16-/m0/s1. The monoisotopic (exact) mass is 343 g/mol. The molecule has 7 heteroatoms. The number of rotatable bonds is 7. The third kappa shape index (κ3) is 5.03. The summed E-state index contributed by atoms with van der Waals surface area (Å²) in [7, 11) is 1.79. The molecule has 0 bridgehead atoms. The van der Waals surface area contributed by atoms with Crippen molar-refractivity contribution in [3.63, 3.8) is 0 Å². The molecular weight excluding hydrogens is 318 g/mol. The predicted molar refractivity (Wildman–Crippen MR) is 94.0 cm³/mol. The van der Waals surface area contributed by atoms with E-state index in [1.165, 1.54) is 5.56 Å². The molecule has 3 rings (SSSR count). The number of nitrogens with one attached hydrogen (secondary N) is 1. The number of hydrogen-bond donors (Lipinski definition) is 1. The number of aromatic nitrogens is 3. The largest absolute Gasteiger partial charge is 0.376 e. The summed E-state index contributed by atoms with van der Waals surface area (Å²) < 4.78 is 7.55. The summed E-state index contributed by atoms with van der Waals surface area (Å²) in [6.45, 7) is 2.56. The molecule has 1 aliphatic heterocycles. The highest BCUT2D eigenvalue weighted by molar-refractivity contribution is 5.73. The van der Waals surface area contributed by atoms with Gasteiger partial charge >= 0.3 is 6.03 Å². The summed E-state index contributed by atoms with van der Waals surface area (Å²) in [6, 6.07) is 10.2. The summed E-state index contributed by atoms with van der Waals surface area (Å²) in [5, 5.41) is 11.0. The Balaban J connectivity index is 1.46. The second-order valence-electron chi connectivity index (χ2n) is 6.35. The first-order valence-electron chi connectivity index (χ1n) is 8.73. The topological polar surface area (TPSA) is 72.3 Å². The van der Waals surface area contributed by atoms with E-state index in [1.807, 2.05) is 22.8 Å². The van der Waals surface area contributed by atoms with Crippen LogP contribution in [0.2, 0.25) is 0 Å². The molecule has 1 atom stereocenters. The number of nitrogens with zero attached hydrogens (tertiary/aromatic N) is 4. The average molecular weight is 343 g/mol. The summed E-state index contributed by atoms with van der Waals surface area (Å²) >= 11 is 0. The van der Waals surface area contributed by atoms with Gasteiger partial charge in [-0.05, 0) is 24.8 Å². The molecule has 7 nitrogen and oxygen atoms in total. The Bertz CT molecular complexity index is 667. The molecule has 1 aliphatic rings. The van der Waals surface area contributed by atoms with Crippen LogP contribution in [-0.2, 0) is 24.2 Å². The fourth-order valence-electron chi connectivity index (χ4n) is 2.96. The van der Waals surface area contributed by atoms with Gasteiger partial charge in [-0.1, -0.05) is 30.3 Å². The van der Waals surface area contributed by atoms with Gasteiger partial charge in [0.1, 0.15) is 6.33 Å². The minimum Gasteiger partial charge on any atom is -0.376 e. The zero-order valence-electron chi connectivity index (χ0n) is 14.6. The quantitative estimate of drug-likeness (QED) is 0.833. The van der Waals surface area contributed by atoms with Gasteiger partial charge in [-0.2, -0.15) is 0 Å². The summed E-state index contributed by atoms with van der Waals surface area (Å²) in [5.74, 6) is 0.759. The lowest BCUT2D eigenvalue weighted by molar-refractivity contribution is 0.0874. The number of benzene rings is 1. The molecule has 0 unspecified atom stereocenters. The number of amides is 2. The molecule has 1 aromatic heterocycles. The van der Waals surface area contributed by atoms with Gasteiger partial charge in [0.25, 0.3) is 0 Å². The fraction of sp³-hybridized carbons (Fsp3) is 0.500. The first-order valence-corrected chi connectivity index (χ1v) is 8.73. The van der Waals surface area contributed by atoms with Gasteiger partial charge in [0, 0.05) is 26.7 Å². The molecule has 1 aromatic carbocycles. The maximum absolute atomic E-state index is 12.2. The predicted octanol–water partition coefficient (Wildman–Crippen LogP) is 1.84. The van der Waals surface area contributed by atoms with E-state index >= 15 is 0 Å². The third-order valence-corrected chi connectivity index (χ3v) is 4.43. The van der Waals surface area contributed by atoms with E-state index in [0.717, 1.165) is 38.2 Å². The Morgan fingerprint density at radius 1 is 1.40 bits per heavy atom. The van der Waals surface area contributed by atoms with Gasteiger partial charge in [0.05, 0.1) is 12.6 Å². The Hall–Kier alpha value is -2.41. The molecule has 2 aromatic rings. The highest BCUT2D eigenvalue weighted by atomic mass is 16.5. The zero-order chi connectivity index (χ0) is 17.5. The van der Waals surface area contributed by atoms with Crippen molar-refractivity contribution in [1.29, 1.82) is 0 Å². The maximum atomic E-state index is 12.2. The van der Waals surface area contributed by atoms with Crippen molar-refractivity contribution in [3.8, 4) is 0 Å². The van der Waals surface area contributed by atoms with E-state index in [9.17, 15) is 4.79 Å². The molecule has 0 saturated carbocycles. The smallest absolute Gasteiger partial charge is 0.317 e. The van der Waals surface area contributed by atoms with Crippen molar-refractivity contribution in [2.24, 2.45) is 0 Å². The van der Waals surface area contributed by atoms with E-state index in [4.69, 9.17) is 4.74 Å². The molecule has 1 saturated heterocycles. The van der Waals surface area contributed by atoms with Gasteiger partial charge in [-0.25, -0.2) is 4.79 Å². The molecule has 25 heavy (non-hydrogen) atoms. The fourth-order valence-corrected chi connectivity index (χ4v) is 2.96. The molecule has 0 aliphatic carbocycles. The molecule has 2 heterocycles. The van der Waals surface area contributed by atoms with Crippen molar-refractivity contribution >= 4 is 6.03 Å². The third-order valence-electron chi connectivity index (χ3n) is 4.43. The number of likely N-dealkylation sites (N-methyl/N-ethyl adjacent to an activating group) is 1. The van der Waals surface area contributed by atoms with Crippen LogP contribution in [0.4, 0.5) is 4.79 Å². The highest BCUT2D eigenvalue weighted by Gasteiger charge is 2.20. The van der Waals surface area contributed by atoms with E-state index in [2.05, 4.69) is 27.6 Å². The van der Waals surface area contributed by atoms with Gasteiger partial charge in [0.2, 0.25) is 0 Å². The minimum atomic E-state index is -0.117. The second-order valence-corrected chi connectivity index (χ2v) is 6.35. The average Bonchev–Trinajstić information content (AvgIpc) is 3.30.